The molecule has 0 amide bonds. The highest BCUT2D eigenvalue weighted by Gasteiger charge is 2.00. The van der Waals surface area contributed by atoms with Gasteiger partial charge in [-0.3, -0.25) is 0 Å². The maximum Gasteiger partial charge on any atom is 0.126 e. The van der Waals surface area contributed by atoms with E-state index in [1.165, 1.54) is 0 Å². The fourth-order valence-electron chi connectivity index (χ4n) is 1.15. The third kappa shape index (κ3) is 2.56. The van der Waals surface area contributed by atoms with E-state index in [9.17, 15) is 0 Å². The maximum absolute atomic E-state index is 4.73. The maximum atomic E-state index is 4.73. The van der Waals surface area contributed by atoms with Crippen molar-refractivity contribution < 1.29 is 4.52 Å². The summed E-state index contributed by atoms with van der Waals surface area (Å²) in [6, 6.07) is 3.79. The van der Waals surface area contributed by atoms with Crippen molar-refractivity contribution in [1.29, 1.82) is 0 Å². The summed E-state index contributed by atoms with van der Waals surface area (Å²) >= 11 is 3.40. The summed E-state index contributed by atoms with van der Waals surface area (Å²) in [6.07, 6.45) is 3.33. The molecule has 0 aliphatic rings. The van der Waals surface area contributed by atoms with Crippen molar-refractivity contribution in [3.63, 3.8) is 0 Å². The number of nitrogens with zero attached hydrogens (tertiary/aromatic N) is 2. The van der Waals surface area contributed by atoms with Crippen LogP contribution in [-0.4, -0.2) is 10.1 Å². The Morgan fingerprint density at radius 1 is 1.53 bits per heavy atom. The topological polar surface area (TPSA) is 51.0 Å². The molecule has 0 aromatic carbocycles. The predicted octanol–water partition coefficient (Wildman–Crippen LogP) is 2.75. The SMILES string of the molecule is Cc1cc(NCc2ccon2)ncc1Br. The van der Waals surface area contributed by atoms with Crippen LogP contribution in [0.25, 0.3) is 0 Å². The number of aromatic nitrogens is 2. The minimum absolute atomic E-state index is 0.616. The van der Waals surface area contributed by atoms with Gasteiger partial charge in [0.15, 0.2) is 0 Å². The third-order valence-corrected chi connectivity index (χ3v) is 2.82. The smallest absolute Gasteiger partial charge is 0.126 e. The molecule has 0 spiro atoms. The van der Waals surface area contributed by atoms with Gasteiger partial charge in [0.2, 0.25) is 0 Å². The number of anilines is 1. The van der Waals surface area contributed by atoms with E-state index in [0.29, 0.717) is 6.54 Å². The summed E-state index contributed by atoms with van der Waals surface area (Å²) in [5.74, 6) is 0.832. The number of nitrogens with one attached hydrogen (secondary N) is 1. The molecule has 15 heavy (non-hydrogen) atoms. The van der Waals surface area contributed by atoms with E-state index in [1.807, 2.05) is 19.1 Å². The minimum Gasteiger partial charge on any atom is -0.364 e. The quantitative estimate of drug-likeness (QED) is 0.929. The van der Waals surface area contributed by atoms with E-state index in [0.717, 1.165) is 21.5 Å². The van der Waals surface area contributed by atoms with E-state index in [2.05, 4.69) is 31.4 Å². The molecule has 0 unspecified atom stereocenters. The molecule has 0 saturated heterocycles. The Morgan fingerprint density at radius 3 is 3.07 bits per heavy atom. The van der Waals surface area contributed by atoms with Gasteiger partial charge in [0, 0.05) is 16.7 Å². The molecule has 2 aromatic rings. The monoisotopic (exact) mass is 267 g/mol. The first-order valence-electron chi connectivity index (χ1n) is 4.51. The molecule has 78 valence electrons. The van der Waals surface area contributed by atoms with Crippen molar-refractivity contribution in [3.05, 3.63) is 40.3 Å². The standard InChI is InChI=1S/C10H10BrN3O/c1-7-4-10(13-6-9(7)11)12-5-8-2-3-15-14-8/h2-4,6H,5H2,1H3,(H,12,13). The van der Waals surface area contributed by atoms with Gasteiger partial charge < -0.3 is 9.84 Å². The van der Waals surface area contributed by atoms with Crippen molar-refractivity contribution in [2.24, 2.45) is 0 Å². The first-order chi connectivity index (χ1) is 7.25. The fraction of sp³-hybridized carbons (Fsp3) is 0.200. The van der Waals surface area contributed by atoms with Crippen molar-refractivity contribution in [2.45, 2.75) is 13.5 Å². The van der Waals surface area contributed by atoms with Gasteiger partial charge in [-0.2, -0.15) is 0 Å². The van der Waals surface area contributed by atoms with Crippen LogP contribution in [-0.2, 0) is 6.54 Å². The molecule has 0 aliphatic heterocycles. The molecule has 0 atom stereocenters. The van der Waals surface area contributed by atoms with Crippen LogP contribution < -0.4 is 5.32 Å². The highest BCUT2D eigenvalue weighted by atomic mass is 79.9. The number of hydrogen-bond acceptors (Lipinski definition) is 4. The lowest BCUT2D eigenvalue weighted by molar-refractivity contribution is 0.412. The number of rotatable bonds is 3. The average molecular weight is 268 g/mol. The Bertz CT molecular complexity index is 442. The van der Waals surface area contributed by atoms with E-state index in [1.54, 1.807) is 12.5 Å². The number of halogens is 1. The molecule has 0 radical (unpaired) electrons. The van der Waals surface area contributed by atoms with Gasteiger partial charge in [-0.05, 0) is 34.5 Å². The van der Waals surface area contributed by atoms with Crippen LogP contribution in [0.2, 0.25) is 0 Å². The molecule has 2 rings (SSSR count). The second kappa shape index (κ2) is 4.44. The molecule has 5 heteroatoms. The van der Waals surface area contributed by atoms with Gasteiger partial charge in [0.1, 0.15) is 17.8 Å². The van der Waals surface area contributed by atoms with Crippen molar-refractivity contribution >= 4 is 21.7 Å². The molecular weight excluding hydrogens is 258 g/mol. The second-order valence-corrected chi connectivity index (χ2v) is 4.02. The highest BCUT2D eigenvalue weighted by molar-refractivity contribution is 9.10. The molecule has 4 nitrogen and oxygen atoms in total. The van der Waals surface area contributed by atoms with E-state index >= 15 is 0 Å². The summed E-state index contributed by atoms with van der Waals surface area (Å²) in [5.41, 5.74) is 2.00. The zero-order chi connectivity index (χ0) is 10.7. The second-order valence-electron chi connectivity index (χ2n) is 3.16. The first-order valence-corrected chi connectivity index (χ1v) is 5.30. The predicted molar refractivity (Wildman–Crippen MR) is 60.5 cm³/mol. The summed E-state index contributed by atoms with van der Waals surface area (Å²) in [4.78, 5) is 4.22. The first kappa shape index (κ1) is 10.2. The minimum atomic E-state index is 0.616. The van der Waals surface area contributed by atoms with Crippen molar-refractivity contribution in [3.8, 4) is 0 Å². The lowest BCUT2D eigenvalue weighted by Gasteiger charge is -2.04. The summed E-state index contributed by atoms with van der Waals surface area (Å²) in [5, 5.41) is 6.96. The van der Waals surface area contributed by atoms with Gasteiger partial charge in [-0.15, -0.1) is 0 Å². The van der Waals surface area contributed by atoms with Gasteiger partial charge in [-0.25, -0.2) is 4.98 Å². The van der Waals surface area contributed by atoms with E-state index < -0.39 is 0 Å². The van der Waals surface area contributed by atoms with Crippen LogP contribution in [0.15, 0.2) is 33.6 Å². The number of aryl methyl sites for hydroxylation is 1. The van der Waals surface area contributed by atoms with Crippen LogP contribution in [0, 0.1) is 6.92 Å². The molecular formula is C10H10BrN3O. The van der Waals surface area contributed by atoms with Gasteiger partial charge in [0.05, 0.1) is 6.54 Å². The largest absolute Gasteiger partial charge is 0.364 e. The van der Waals surface area contributed by atoms with Crippen LogP contribution in [0.1, 0.15) is 11.3 Å². The van der Waals surface area contributed by atoms with Crippen molar-refractivity contribution in [1.82, 2.24) is 10.1 Å². The van der Waals surface area contributed by atoms with Crippen LogP contribution in [0.5, 0.6) is 0 Å². The lowest BCUT2D eigenvalue weighted by atomic mass is 10.3. The van der Waals surface area contributed by atoms with E-state index in [4.69, 9.17) is 4.52 Å². The molecule has 2 aromatic heterocycles. The molecule has 0 fully saturated rings. The molecule has 0 saturated carbocycles. The molecule has 1 N–H and O–H groups in total. The zero-order valence-electron chi connectivity index (χ0n) is 8.20. The van der Waals surface area contributed by atoms with E-state index in [-0.39, 0.29) is 0 Å². The Labute approximate surface area is 95.8 Å². The molecule has 0 bridgehead atoms. The number of hydrogen-bond donors (Lipinski definition) is 1. The summed E-state index contributed by atoms with van der Waals surface area (Å²) in [7, 11) is 0. The summed E-state index contributed by atoms with van der Waals surface area (Å²) < 4.78 is 5.74. The Balaban J connectivity index is 2.02. The van der Waals surface area contributed by atoms with Crippen LogP contribution >= 0.6 is 15.9 Å². The average Bonchev–Trinajstić information content (AvgIpc) is 2.73. The van der Waals surface area contributed by atoms with Crippen molar-refractivity contribution in [2.75, 3.05) is 5.32 Å². The molecule has 2 heterocycles. The zero-order valence-corrected chi connectivity index (χ0v) is 9.78. The number of pyridine rings is 1. The Kier molecular flexibility index (Phi) is 3.01. The highest BCUT2D eigenvalue weighted by Crippen LogP contribution is 2.17. The Morgan fingerprint density at radius 2 is 2.40 bits per heavy atom. The summed E-state index contributed by atoms with van der Waals surface area (Å²) in [6.45, 7) is 2.64. The molecule has 0 aliphatic carbocycles. The fourth-order valence-corrected chi connectivity index (χ4v) is 1.36. The Hall–Kier alpha value is -1.36. The normalized spacial score (nSPS) is 10.3. The van der Waals surface area contributed by atoms with Crippen LogP contribution in [0.4, 0.5) is 5.82 Å². The lowest BCUT2D eigenvalue weighted by Crippen LogP contribution is -2.01. The van der Waals surface area contributed by atoms with Gasteiger partial charge in [-0.1, -0.05) is 5.16 Å². The van der Waals surface area contributed by atoms with Gasteiger partial charge >= 0.3 is 0 Å². The van der Waals surface area contributed by atoms with Gasteiger partial charge in [0.25, 0.3) is 0 Å². The van der Waals surface area contributed by atoms with Crippen LogP contribution in [0.3, 0.4) is 0 Å². The third-order valence-electron chi connectivity index (χ3n) is 1.99.